The fourth-order valence-corrected chi connectivity index (χ4v) is 3.92. The molecule has 1 amide bonds. The van der Waals surface area contributed by atoms with Gasteiger partial charge in [-0.05, 0) is 57.7 Å². The number of hydrazine groups is 1. The lowest BCUT2D eigenvalue weighted by molar-refractivity contribution is -0.190. The van der Waals surface area contributed by atoms with E-state index in [4.69, 9.17) is 14.3 Å². The van der Waals surface area contributed by atoms with Gasteiger partial charge in [0, 0.05) is 5.75 Å². The van der Waals surface area contributed by atoms with Crippen LogP contribution >= 0.6 is 11.9 Å². The van der Waals surface area contributed by atoms with Crippen LogP contribution in [-0.2, 0) is 20.8 Å². The summed E-state index contributed by atoms with van der Waals surface area (Å²) in [6.45, 7) is 6.48. The summed E-state index contributed by atoms with van der Waals surface area (Å²) in [5.41, 5.74) is 4.94. The number of carbonyl (C=O) groups is 2. The van der Waals surface area contributed by atoms with E-state index in [0.29, 0.717) is 18.6 Å². The van der Waals surface area contributed by atoms with Gasteiger partial charge in [-0.3, -0.25) is 0 Å². The van der Waals surface area contributed by atoms with Crippen LogP contribution in [0.4, 0.5) is 4.79 Å². The van der Waals surface area contributed by atoms with Crippen LogP contribution in [0.3, 0.4) is 0 Å². The molecule has 4 N–H and O–H groups in total. The third-order valence-corrected chi connectivity index (χ3v) is 5.53. The molecule has 9 nitrogen and oxygen atoms in total. The minimum atomic E-state index is -1.78. The van der Waals surface area contributed by atoms with Crippen molar-refractivity contribution >= 4 is 24.0 Å². The van der Waals surface area contributed by atoms with Crippen LogP contribution in [0.15, 0.2) is 18.2 Å². The van der Waals surface area contributed by atoms with Crippen LogP contribution in [0.2, 0.25) is 0 Å². The molecule has 2 heterocycles. The van der Waals surface area contributed by atoms with Crippen molar-refractivity contribution in [2.45, 2.75) is 63.9 Å². The van der Waals surface area contributed by atoms with Crippen molar-refractivity contribution < 1.29 is 29.0 Å². The Morgan fingerprint density at radius 3 is 2.69 bits per heavy atom. The van der Waals surface area contributed by atoms with Gasteiger partial charge >= 0.3 is 12.1 Å². The van der Waals surface area contributed by atoms with Crippen molar-refractivity contribution in [3.05, 3.63) is 29.3 Å². The van der Waals surface area contributed by atoms with E-state index in [-0.39, 0.29) is 6.04 Å². The van der Waals surface area contributed by atoms with E-state index in [1.165, 1.54) is 6.92 Å². The lowest BCUT2D eigenvalue weighted by atomic mass is 9.90. The largest absolute Gasteiger partial charge is 0.486 e. The second-order valence-corrected chi connectivity index (χ2v) is 9.07. The monoisotopic (exact) mass is 425 g/mol. The molecule has 3 rings (SSSR count). The Labute approximate surface area is 173 Å². The Balaban J connectivity index is 1.69. The molecule has 160 valence electrons. The molecule has 0 aliphatic carbocycles. The van der Waals surface area contributed by atoms with E-state index in [1.54, 1.807) is 32.7 Å². The highest BCUT2D eigenvalue weighted by Gasteiger charge is 2.47. The molecule has 0 unspecified atom stereocenters. The number of fused-ring (bicyclic) bond motifs is 1. The second kappa shape index (κ2) is 8.39. The highest BCUT2D eigenvalue weighted by atomic mass is 32.2. The van der Waals surface area contributed by atoms with E-state index < -0.39 is 29.4 Å². The van der Waals surface area contributed by atoms with E-state index in [2.05, 4.69) is 21.8 Å². The third-order valence-electron chi connectivity index (χ3n) is 4.77. The van der Waals surface area contributed by atoms with Crippen LogP contribution in [-0.4, -0.2) is 40.2 Å². The molecule has 1 aromatic carbocycles. The van der Waals surface area contributed by atoms with Gasteiger partial charge < -0.3 is 14.6 Å². The number of aliphatic carboxylic acids is 1. The molecule has 1 saturated heterocycles. The van der Waals surface area contributed by atoms with E-state index in [1.807, 2.05) is 12.1 Å². The average molecular weight is 426 g/mol. The Morgan fingerprint density at radius 2 is 2.07 bits per heavy atom. The van der Waals surface area contributed by atoms with Crippen LogP contribution < -0.4 is 20.5 Å². The first-order valence-electron chi connectivity index (χ1n) is 9.41. The zero-order valence-electron chi connectivity index (χ0n) is 16.9. The molecule has 0 spiro atoms. The number of carboxylic acid groups (broad SMARTS) is 1. The summed E-state index contributed by atoms with van der Waals surface area (Å²) in [6.07, 6.45) is -0.573. The van der Waals surface area contributed by atoms with Crippen LogP contribution in [0.5, 0.6) is 5.75 Å². The van der Waals surface area contributed by atoms with Crippen molar-refractivity contribution in [2.75, 3.05) is 5.75 Å². The summed E-state index contributed by atoms with van der Waals surface area (Å²) in [5, 5.41) is 9.75. The number of nitrogens with one attached hydrogen (secondary N) is 3. The maximum absolute atomic E-state index is 11.9. The lowest BCUT2D eigenvalue weighted by Gasteiger charge is -2.36. The zero-order valence-corrected chi connectivity index (χ0v) is 17.7. The summed E-state index contributed by atoms with van der Waals surface area (Å²) in [6, 6.07) is 6.11. The number of carbonyl (C=O) groups excluding carboxylic acids is 1. The zero-order chi connectivity index (χ0) is 21.2. The van der Waals surface area contributed by atoms with Crippen molar-refractivity contribution in [1.82, 2.24) is 15.7 Å². The Bertz CT molecular complexity index is 778. The molecular formula is C19H27N3O6S. The molecule has 1 aromatic rings. The van der Waals surface area contributed by atoms with Gasteiger partial charge in [0.1, 0.15) is 17.5 Å². The van der Waals surface area contributed by atoms with Gasteiger partial charge in [0.15, 0.2) is 0 Å². The molecule has 0 saturated carbocycles. The standard InChI is InChI=1S/C19H27N3O6S/c1-18(2,3)27-17(25)21-28-19(4,16(23)24)15-8-6-12-9-11(5-7-14(12)26-15)13-10-29-22-20-13/h5,7,9,13,15,20,22H,6,8,10H2,1-4H3,(H,21,25)(H,23,24)/t13-,15+,19-/m0/s1. The lowest BCUT2D eigenvalue weighted by Crippen LogP contribution is -2.56. The van der Waals surface area contributed by atoms with Gasteiger partial charge in [-0.15, -0.1) is 0 Å². The number of hydrogen-bond acceptors (Lipinski definition) is 8. The predicted molar refractivity (Wildman–Crippen MR) is 107 cm³/mol. The number of rotatable bonds is 5. The van der Waals surface area contributed by atoms with Gasteiger partial charge in [-0.2, -0.15) is 5.48 Å². The van der Waals surface area contributed by atoms with E-state index in [9.17, 15) is 14.7 Å². The topological polar surface area (TPSA) is 118 Å². The molecule has 1 fully saturated rings. The summed E-state index contributed by atoms with van der Waals surface area (Å²) in [7, 11) is 0. The van der Waals surface area contributed by atoms with E-state index in [0.717, 1.165) is 16.9 Å². The Morgan fingerprint density at radius 1 is 1.31 bits per heavy atom. The molecule has 2 aliphatic rings. The summed E-state index contributed by atoms with van der Waals surface area (Å²) in [5.74, 6) is 0.303. The number of amides is 1. The third kappa shape index (κ3) is 5.13. The van der Waals surface area contributed by atoms with Gasteiger partial charge in [-0.1, -0.05) is 24.1 Å². The first-order valence-corrected chi connectivity index (χ1v) is 10.4. The number of carboxylic acids is 1. The highest BCUT2D eigenvalue weighted by Crippen LogP contribution is 2.35. The first-order chi connectivity index (χ1) is 13.6. The van der Waals surface area contributed by atoms with E-state index >= 15 is 0 Å². The van der Waals surface area contributed by atoms with Gasteiger partial charge in [0.2, 0.25) is 5.60 Å². The summed E-state index contributed by atoms with van der Waals surface area (Å²) < 4.78 is 11.1. The molecule has 3 atom stereocenters. The van der Waals surface area contributed by atoms with Crippen molar-refractivity contribution in [3.8, 4) is 5.75 Å². The molecule has 2 aliphatic heterocycles. The van der Waals surface area contributed by atoms with Gasteiger partial charge in [0.25, 0.3) is 0 Å². The van der Waals surface area contributed by atoms with Gasteiger partial charge in [0.05, 0.1) is 6.04 Å². The minimum Gasteiger partial charge on any atom is -0.486 e. The normalized spacial score (nSPS) is 23.4. The summed E-state index contributed by atoms with van der Waals surface area (Å²) >= 11 is 1.61. The Kier molecular flexibility index (Phi) is 6.27. The fraction of sp³-hybridized carbons (Fsp3) is 0.579. The average Bonchev–Trinajstić information content (AvgIpc) is 3.18. The molecular weight excluding hydrogens is 398 g/mol. The summed E-state index contributed by atoms with van der Waals surface area (Å²) in [4.78, 5) is 32.1. The maximum Gasteiger partial charge on any atom is 0.431 e. The number of aryl methyl sites for hydroxylation is 1. The van der Waals surface area contributed by atoms with Crippen LogP contribution in [0.1, 0.15) is 51.3 Å². The minimum absolute atomic E-state index is 0.216. The van der Waals surface area contributed by atoms with Crippen LogP contribution in [0.25, 0.3) is 0 Å². The highest BCUT2D eigenvalue weighted by molar-refractivity contribution is 7.97. The second-order valence-electron chi connectivity index (χ2n) is 8.24. The smallest absolute Gasteiger partial charge is 0.431 e. The fourth-order valence-electron chi connectivity index (χ4n) is 3.17. The van der Waals surface area contributed by atoms with Gasteiger partial charge in [-0.25, -0.2) is 24.7 Å². The molecule has 10 heteroatoms. The predicted octanol–water partition coefficient (Wildman–Crippen LogP) is 2.48. The molecule has 0 aromatic heterocycles. The van der Waals surface area contributed by atoms with Crippen LogP contribution in [0, 0.1) is 0 Å². The molecule has 0 radical (unpaired) electrons. The number of hydrogen-bond donors (Lipinski definition) is 4. The number of hydroxylamine groups is 1. The van der Waals surface area contributed by atoms with Crippen molar-refractivity contribution in [1.29, 1.82) is 0 Å². The maximum atomic E-state index is 11.9. The molecule has 29 heavy (non-hydrogen) atoms. The van der Waals surface area contributed by atoms with Crippen molar-refractivity contribution in [2.24, 2.45) is 0 Å². The molecule has 0 bridgehead atoms. The number of ether oxygens (including phenoxy) is 2. The number of benzene rings is 1. The van der Waals surface area contributed by atoms with Crippen molar-refractivity contribution in [3.63, 3.8) is 0 Å². The first kappa shape index (κ1) is 21.7. The quantitative estimate of drug-likeness (QED) is 0.417. The Hall–Kier alpha value is -2.01. The SMILES string of the molecule is CC(C)(C)OC(=O)NO[C@](C)(C(=O)O)[C@H]1CCc2cc([C@@H]3CSNN3)ccc2O1.